The predicted octanol–water partition coefficient (Wildman–Crippen LogP) is -2.47. The van der Waals surface area contributed by atoms with E-state index in [9.17, 15) is 71.2 Å². The largest absolute Gasteiger partial charge is 0.396 e. The van der Waals surface area contributed by atoms with Crippen molar-refractivity contribution in [2.45, 2.75) is 247 Å². The van der Waals surface area contributed by atoms with Gasteiger partial charge in [0.05, 0.1) is 44.7 Å². The molecule has 7 fully saturated rings. The van der Waals surface area contributed by atoms with Crippen LogP contribution in [0.4, 0.5) is 0 Å². The van der Waals surface area contributed by atoms with Crippen molar-refractivity contribution in [3.8, 4) is 0 Å². The Labute approximate surface area is 436 Å². The number of aliphatic hydroxyl groups excluding tert-OH is 13. The van der Waals surface area contributed by atoms with Crippen molar-refractivity contribution < 1.29 is 114 Å². The summed E-state index contributed by atoms with van der Waals surface area (Å²) in [5.41, 5.74) is -0.363. The van der Waals surface area contributed by atoms with E-state index in [2.05, 4.69) is 27.7 Å². The van der Waals surface area contributed by atoms with E-state index >= 15 is 0 Å². The van der Waals surface area contributed by atoms with Crippen molar-refractivity contribution in [1.82, 2.24) is 0 Å². The van der Waals surface area contributed by atoms with Crippen LogP contribution in [0, 0.1) is 33.5 Å². The van der Waals surface area contributed by atoms with Crippen molar-refractivity contribution in [2.75, 3.05) is 26.4 Å². The molecule has 0 aromatic heterocycles. The molecule has 29 atom stereocenters. The maximum Gasteiger partial charge on any atom is 0.187 e. The van der Waals surface area contributed by atoms with Gasteiger partial charge in [0.25, 0.3) is 0 Å². The second kappa shape index (κ2) is 21.5. The molecule has 2 saturated carbocycles. The van der Waals surface area contributed by atoms with Gasteiger partial charge in [-0.2, -0.15) is 0 Å². The Bertz CT molecular complexity index is 2070. The number of aliphatic hydroxyl groups is 13. The van der Waals surface area contributed by atoms with Gasteiger partial charge in [-0.3, -0.25) is 4.79 Å². The number of Topliss-reactive ketones (excluding diaryl/α,β-unsaturated/α-hetero) is 1. The first kappa shape index (κ1) is 58.2. The van der Waals surface area contributed by atoms with Gasteiger partial charge in [0.15, 0.2) is 30.9 Å². The molecule has 5 saturated heterocycles. The summed E-state index contributed by atoms with van der Waals surface area (Å²) in [6.45, 7) is 11.8. The maximum atomic E-state index is 13.0. The molecule has 0 radical (unpaired) electrons. The number of hydrogen-bond donors (Lipinski definition) is 13. The van der Waals surface area contributed by atoms with Gasteiger partial charge in [-0.15, -0.1) is 0 Å². The summed E-state index contributed by atoms with van der Waals surface area (Å²) < 4.78 is 54.5. The average molecular weight is 1080 g/mol. The third-order valence-electron chi connectivity index (χ3n) is 20.4. The van der Waals surface area contributed by atoms with Crippen LogP contribution < -0.4 is 0 Å². The Balaban J connectivity index is 0.898. The number of carbonyl (C=O) groups excluding carboxylic acids is 1. The van der Waals surface area contributed by atoms with Crippen LogP contribution in [0.1, 0.15) is 106 Å². The van der Waals surface area contributed by atoms with Crippen molar-refractivity contribution in [3.05, 3.63) is 11.1 Å². The van der Waals surface area contributed by atoms with E-state index in [-0.39, 0.29) is 29.6 Å². The molecule has 430 valence electrons. The van der Waals surface area contributed by atoms with Gasteiger partial charge in [0.2, 0.25) is 0 Å². The fourth-order valence-corrected chi connectivity index (χ4v) is 15.7. The van der Waals surface area contributed by atoms with Crippen LogP contribution in [0.25, 0.3) is 0 Å². The summed E-state index contributed by atoms with van der Waals surface area (Å²) in [6, 6.07) is 0. The van der Waals surface area contributed by atoms with Crippen molar-refractivity contribution in [2.24, 2.45) is 33.5 Å². The molecule has 0 amide bonds. The van der Waals surface area contributed by atoms with Gasteiger partial charge in [-0.1, -0.05) is 52.7 Å². The summed E-state index contributed by atoms with van der Waals surface area (Å²) in [5, 5.41) is 143. The first-order valence-electron chi connectivity index (χ1n) is 27.1. The molecule has 75 heavy (non-hydrogen) atoms. The number of rotatable bonds is 13. The minimum Gasteiger partial charge on any atom is -0.396 e. The molecular formula is C52H84O23. The van der Waals surface area contributed by atoms with E-state index in [1.165, 1.54) is 18.1 Å². The zero-order valence-corrected chi connectivity index (χ0v) is 43.9. The monoisotopic (exact) mass is 1080 g/mol. The van der Waals surface area contributed by atoms with Crippen LogP contribution in [-0.2, 0) is 47.4 Å². The quantitative estimate of drug-likeness (QED) is 0.0850. The molecule has 0 bridgehead atoms. The summed E-state index contributed by atoms with van der Waals surface area (Å²) in [4.78, 5) is 13.0. The smallest absolute Gasteiger partial charge is 0.187 e. The number of ketones is 1. The van der Waals surface area contributed by atoms with Crippen LogP contribution >= 0.6 is 0 Å². The first-order chi connectivity index (χ1) is 35.3. The second-order valence-corrected chi connectivity index (χ2v) is 24.2. The van der Waals surface area contributed by atoms with Gasteiger partial charge in [0, 0.05) is 17.3 Å². The Kier molecular flexibility index (Phi) is 16.6. The summed E-state index contributed by atoms with van der Waals surface area (Å²) >= 11 is 0. The van der Waals surface area contributed by atoms with E-state index < -0.39 is 177 Å². The fourth-order valence-electron chi connectivity index (χ4n) is 15.7. The highest BCUT2D eigenvalue weighted by Gasteiger charge is 2.75. The number of ether oxygens (including phenoxy) is 9. The minimum atomic E-state index is -1.91. The van der Waals surface area contributed by atoms with E-state index in [0.29, 0.717) is 44.9 Å². The Morgan fingerprint density at radius 3 is 1.96 bits per heavy atom. The summed E-state index contributed by atoms with van der Waals surface area (Å²) in [6.07, 6.45) is -28.3. The number of allylic oxidation sites excluding steroid dienone is 2. The summed E-state index contributed by atoms with van der Waals surface area (Å²) in [5.74, 6) is -0.0814. The fraction of sp³-hybridized carbons (Fsp3) is 0.942. The lowest BCUT2D eigenvalue weighted by Gasteiger charge is -2.63. The average Bonchev–Trinajstić information content (AvgIpc) is 3.99. The number of hydrogen-bond acceptors (Lipinski definition) is 23. The van der Waals surface area contributed by atoms with Crippen LogP contribution in [0.3, 0.4) is 0 Å². The van der Waals surface area contributed by atoms with Gasteiger partial charge < -0.3 is 109 Å². The van der Waals surface area contributed by atoms with Gasteiger partial charge in [0.1, 0.15) is 97.2 Å². The molecule has 4 aliphatic carbocycles. The normalized spacial score (nSPS) is 55.1. The Morgan fingerprint density at radius 2 is 1.29 bits per heavy atom. The van der Waals surface area contributed by atoms with Gasteiger partial charge >= 0.3 is 0 Å². The first-order valence-corrected chi connectivity index (χ1v) is 27.1. The highest BCUT2D eigenvalue weighted by atomic mass is 16.8. The maximum absolute atomic E-state index is 13.0. The topological polar surface area (TPSA) is 363 Å². The summed E-state index contributed by atoms with van der Waals surface area (Å²) in [7, 11) is 0. The highest BCUT2D eigenvalue weighted by Crippen LogP contribution is 2.75. The molecule has 9 rings (SSSR count). The van der Waals surface area contributed by atoms with Crippen LogP contribution in [-0.4, -0.2) is 239 Å². The SMILES string of the molecule is CCC(=O)C1CC(C)C2(O1)C(O)CC1(C)C3=C(CCC12C)C1(C)CCC(OC2OC(COC4OCC(O)C(O)C4OC4OC(CO)C(O)C(O)C4OC4OC(C)C(O)C(O)C4O)C(O)C(O)C2O)C(C)(CO)C1CC3. The van der Waals surface area contributed by atoms with Crippen molar-refractivity contribution in [1.29, 1.82) is 0 Å². The highest BCUT2D eigenvalue weighted by molar-refractivity contribution is 5.83. The lowest BCUT2D eigenvalue weighted by molar-refractivity contribution is -0.390. The van der Waals surface area contributed by atoms with E-state index in [0.717, 1.165) is 12.8 Å². The van der Waals surface area contributed by atoms with Gasteiger partial charge in [-0.05, 0) is 81.0 Å². The van der Waals surface area contributed by atoms with Crippen LogP contribution in [0.15, 0.2) is 11.1 Å². The molecule has 13 N–H and O–H groups in total. The molecule has 1 spiro atoms. The molecular weight excluding hydrogens is 993 g/mol. The zero-order valence-electron chi connectivity index (χ0n) is 43.9. The number of carbonyl (C=O) groups is 1. The molecule has 5 heterocycles. The number of fused-ring (bicyclic) bond motifs is 5. The van der Waals surface area contributed by atoms with E-state index in [1.807, 2.05) is 13.8 Å². The molecule has 29 unspecified atom stereocenters. The Morgan fingerprint density at radius 1 is 0.667 bits per heavy atom. The lowest BCUT2D eigenvalue weighted by Crippen LogP contribution is -2.66. The molecule has 0 aromatic rings. The van der Waals surface area contributed by atoms with E-state index in [1.54, 1.807) is 0 Å². The van der Waals surface area contributed by atoms with Crippen molar-refractivity contribution >= 4 is 5.78 Å². The van der Waals surface area contributed by atoms with E-state index in [4.69, 9.17) is 42.6 Å². The molecule has 23 nitrogen and oxygen atoms in total. The second-order valence-electron chi connectivity index (χ2n) is 24.2. The predicted molar refractivity (Wildman–Crippen MR) is 254 cm³/mol. The third kappa shape index (κ3) is 9.15. The molecule has 5 aliphatic heterocycles. The van der Waals surface area contributed by atoms with Crippen LogP contribution in [0.5, 0.6) is 0 Å². The van der Waals surface area contributed by atoms with Crippen LogP contribution in [0.2, 0.25) is 0 Å². The standard InChI is InChI=1S/C52H84O23/c1-8-25(55)27-15-21(2)52(75-27)31(57)16-50(6)24-9-10-30-48(4,23(24)11-14-51(50,52)7)13-12-32(49(30,5)20-54)72-45-41(66)38(63)36(61)29(71-45)19-68-46-42(34(59)26(56)18-67-46)74-47-43(39(64)35(60)28(17-53)70-47)73-44-40(65)37(62)33(58)22(3)69-44/h21-22,26-47,53-54,56-66H,8-20H2,1-7H3. The molecule has 23 heteroatoms. The van der Waals surface area contributed by atoms with Gasteiger partial charge in [-0.25, -0.2) is 0 Å². The lowest BCUT2D eigenvalue weighted by atomic mass is 9.42. The van der Waals surface area contributed by atoms with Crippen molar-refractivity contribution in [3.63, 3.8) is 0 Å². The molecule has 0 aromatic carbocycles. The molecule has 9 aliphatic rings. The zero-order chi connectivity index (χ0) is 54.6. The minimum absolute atomic E-state index is 0.0289. The third-order valence-corrected chi connectivity index (χ3v) is 20.4. The Hall–Kier alpha value is -1.47.